The minimum absolute atomic E-state index is 0. The number of anilines is 1. The fourth-order valence-electron chi connectivity index (χ4n) is 3.84. The molecule has 2 heterocycles. The lowest BCUT2D eigenvalue weighted by Gasteiger charge is -2.16. The van der Waals surface area contributed by atoms with Crippen LogP contribution in [0, 0.1) is 5.92 Å². The SMILES string of the molecule is COc1ccc(NC(=O)C[C@@H]2CCC[C@H]2N)cc1OCc1cn2ccccc2n1.Cl.Cl. The van der Waals surface area contributed by atoms with Crippen molar-refractivity contribution >= 4 is 42.1 Å². The minimum atomic E-state index is -0.0242. The van der Waals surface area contributed by atoms with Gasteiger partial charge in [0.05, 0.1) is 12.8 Å². The number of nitrogens with two attached hydrogens (primary N) is 1. The average Bonchev–Trinajstić information content (AvgIpc) is 3.32. The highest BCUT2D eigenvalue weighted by Crippen LogP contribution is 2.32. The maximum absolute atomic E-state index is 12.4. The highest BCUT2D eigenvalue weighted by atomic mass is 35.5. The maximum atomic E-state index is 12.4. The van der Waals surface area contributed by atoms with E-state index >= 15 is 0 Å². The number of fused-ring (bicyclic) bond motifs is 1. The lowest BCUT2D eigenvalue weighted by atomic mass is 10.00. The van der Waals surface area contributed by atoms with Crippen molar-refractivity contribution in [2.75, 3.05) is 12.4 Å². The summed E-state index contributed by atoms with van der Waals surface area (Å²) in [6, 6.07) is 11.3. The van der Waals surface area contributed by atoms with E-state index in [1.165, 1.54) is 0 Å². The Balaban J connectivity index is 0.00000171. The Morgan fingerprint density at radius 3 is 2.77 bits per heavy atom. The van der Waals surface area contributed by atoms with Crippen LogP contribution in [0.5, 0.6) is 11.5 Å². The molecular formula is C22H28Cl2N4O3. The Bertz CT molecular complexity index is 978. The van der Waals surface area contributed by atoms with E-state index in [1.807, 2.05) is 41.1 Å². The second-order valence-corrected chi connectivity index (χ2v) is 7.46. The zero-order valence-corrected chi connectivity index (χ0v) is 19.0. The van der Waals surface area contributed by atoms with E-state index in [9.17, 15) is 4.79 Å². The molecule has 168 valence electrons. The zero-order valence-electron chi connectivity index (χ0n) is 17.3. The summed E-state index contributed by atoms with van der Waals surface area (Å²) in [5, 5.41) is 2.95. The molecule has 2 aromatic heterocycles. The largest absolute Gasteiger partial charge is 0.493 e. The monoisotopic (exact) mass is 466 g/mol. The van der Waals surface area contributed by atoms with Crippen molar-refractivity contribution in [3.8, 4) is 11.5 Å². The van der Waals surface area contributed by atoms with Crippen LogP contribution in [0.15, 0.2) is 48.8 Å². The summed E-state index contributed by atoms with van der Waals surface area (Å²) in [4.78, 5) is 16.9. The van der Waals surface area contributed by atoms with E-state index in [1.54, 1.807) is 19.2 Å². The van der Waals surface area contributed by atoms with Gasteiger partial charge >= 0.3 is 0 Å². The standard InChI is InChI=1S/C22H26N4O3.2ClH/c1-28-19-9-8-16(25-22(27)11-15-5-4-6-18(15)23)12-20(19)29-14-17-13-26-10-3-2-7-21(26)24-17;;/h2-3,7-10,12-13,15,18H,4-6,11,14,23H2,1H3,(H,25,27);2*1H/t15-,18+;;/m0../s1. The Morgan fingerprint density at radius 2 is 2.06 bits per heavy atom. The van der Waals surface area contributed by atoms with Crippen LogP contribution in [-0.4, -0.2) is 28.4 Å². The number of methoxy groups -OCH3 is 1. The number of benzene rings is 1. The van der Waals surface area contributed by atoms with Gasteiger partial charge in [0.25, 0.3) is 0 Å². The summed E-state index contributed by atoms with van der Waals surface area (Å²) >= 11 is 0. The van der Waals surface area contributed by atoms with Crippen LogP contribution in [0.3, 0.4) is 0 Å². The van der Waals surface area contributed by atoms with Crippen molar-refractivity contribution in [3.63, 3.8) is 0 Å². The number of hydrogen-bond donors (Lipinski definition) is 2. The number of aromatic nitrogens is 2. The molecule has 0 aliphatic heterocycles. The molecule has 31 heavy (non-hydrogen) atoms. The number of hydrogen-bond acceptors (Lipinski definition) is 5. The third-order valence-electron chi connectivity index (χ3n) is 5.40. The van der Waals surface area contributed by atoms with Gasteiger partial charge in [-0.25, -0.2) is 4.98 Å². The number of pyridine rings is 1. The van der Waals surface area contributed by atoms with Gasteiger partial charge < -0.3 is 24.9 Å². The van der Waals surface area contributed by atoms with Crippen molar-refractivity contribution in [1.29, 1.82) is 0 Å². The van der Waals surface area contributed by atoms with E-state index < -0.39 is 0 Å². The van der Waals surface area contributed by atoms with Crippen LogP contribution in [0.1, 0.15) is 31.4 Å². The Kier molecular flexibility index (Phi) is 8.98. The summed E-state index contributed by atoms with van der Waals surface area (Å²) in [5.74, 6) is 1.40. The molecule has 3 aromatic rings. The number of ether oxygens (including phenoxy) is 2. The van der Waals surface area contributed by atoms with E-state index in [2.05, 4.69) is 10.3 Å². The Morgan fingerprint density at radius 1 is 1.23 bits per heavy atom. The minimum Gasteiger partial charge on any atom is -0.493 e. The van der Waals surface area contributed by atoms with E-state index in [0.29, 0.717) is 30.2 Å². The summed E-state index contributed by atoms with van der Waals surface area (Å²) in [6.45, 7) is 0.298. The second-order valence-electron chi connectivity index (χ2n) is 7.46. The molecule has 0 unspecified atom stereocenters. The number of rotatable bonds is 7. The first-order chi connectivity index (χ1) is 14.1. The third kappa shape index (κ3) is 6.03. The van der Waals surface area contributed by atoms with Gasteiger partial charge in [-0.1, -0.05) is 12.5 Å². The van der Waals surface area contributed by atoms with Gasteiger partial charge in [0, 0.05) is 36.6 Å². The van der Waals surface area contributed by atoms with Crippen LogP contribution in [0.2, 0.25) is 0 Å². The predicted octanol–water partition coefficient (Wildman–Crippen LogP) is 4.22. The highest BCUT2D eigenvalue weighted by Gasteiger charge is 2.26. The number of imidazole rings is 1. The number of carbonyl (C=O) groups is 1. The molecule has 1 aliphatic rings. The van der Waals surface area contributed by atoms with Crippen molar-refractivity contribution < 1.29 is 14.3 Å². The molecule has 1 amide bonds. The Labute approximate surface area is 194 Å². The first-order valence-electron chi connectivity index (χ1n) is 9.91. The third-order valence-corrected chi connectivity index (χ3v) is 5.40. The Hall–Kier alpha value is -2.48. The molecular weight excluding hydrogens is 439 g/mol. The van der Waals surface area contributed by atoms with Crippen molar-refractivity contribution in [3.05, 3.63) is 54.5 Å². The fraction of sp³-hybridized carbons (Fsp3) is 0.364. The quantitative estimate of drug-likeness (QED) is 0.543. The first kappa shape index (κ1) is 24.8. The summed E-state index contributed by atoms with van der Waals surface area (Å²) in [7, 11) is 1.59. The fourth-order valence-corrected chi connectivity index (χ4v) is 3.84. The van der Waals surface area contributed by atoms with E-state index in [-0.39, 0.29) is 42.7 Å². The molecule has 4 rings (SSSR count). The predicted molar refractivity (Wildman–Crippen MR) is 126 cm³/mol. The van der Waals surface area contributed by atoms with Crippen LogP contribution in [-0.2, 0) is 11.4 Å². The van der Waals surface area contributed by atoms with E-state index in [4.69, 9.17) is 15.2 Å². The normalized spacial score (nSPS) is 17.5. The van der Waals surface area contributed by atoms with Crippen LogP contribution in [0.4, 0.5) is 5.69 Å². The lowest BCUT2D eigenvalue weighted by Crippen LogP contribution is -2.28. The van der Waals surface area contributed by atoms with Crippen molar-refractivity contribution in [2.24, 2.45) is 11.7 Å². The van der Waals surface area contributed by atoms with Crippen molar-refractivity contribution in [2.45, 2.75) is 38.3 Å². The maximum Gasteiger partial charge on any atom is 0.224 e. The smallest absolute Gasteiger partial charge is 0.224 e. The topological polar surface area (TPSA) is 90.9 Å². The van der Waals surface area contributed by atoms with Crippen molar-refractivity contribution in [1.82, 2.24) is 9.38 Å². The molecule has 1 aromatic carbocycles. The molecule has 0 spiro atoms. The molecule has 0 radical (unpaired) electrons. The zero-order chi connectivity index (χ0) is 20.2. The van der Waals surface area contributed by atoms with Gasteiger partial charge in [0.1, 0.15) is 12.3 Å². The van der Waals surface area contributed by atoms with E-state index in [0.717, 1.165) is 30.6 Å². The molecule has 0 saturated heterocycles. The lowest BCUT2D eigenvalue weighted by molar-refractivity contribution is -0.117. The van der Waals surface area contributed by atoms with Gasteiger partial charge in [-0.3, -0.25) is 4.79 Å². The molecule has 0 bridgehead atoms. The number of nitrogens with one attached hydrogen (secondary N) is 1. The molecule has 1 aliphatic carbocycles. The second kappa shape index (κ2) is 11.2. The average molecular weight is 467 g/mol. The number of carbonyl (C=O) groups excluding carboxylic acids is 1. The van der Waals surface area contributed by atoms with Gasteiger partial charge in [-0.15, -0.1) is 24.8 Å². The summed E-state index contributed by atoms with van der Waals surface area (Å²) in [6.07, 6.45) is 7.44. The van der Waals surface area contributed by atoms with Crippen LogP contribution >= 0.6 is 24.8 Å². The molecule has 9 heteroatoms. The van der Waals surface area contributed by atoms with Gasteiger partial charge in [-0.2, -0.15) is 0 Å². The van der Waals surface area contributed by atoms with Crippen LogP contribution < -0.4 is 20.5 Å². The number of halogens is 2. The highest BCUT2D eigenvalue weighted by molar-refractivity contribution is 5.91. The molecule has 1 fully saturated rings. The van der Waals surface area contributed by atoms with Gasteiger partial charge in [0.2, 0.25) is 5.91 Å². The molecule has 7 nitrogen and oxygen atoms in total. The number of nitrogens with zero attached hydrogens (tertiary/aromatic N) is 2. The van der Waals surface area contributed by atoms with Crippen LogP contribution in [0.25, 0.3) is 5.65 Å². The first-order valence-corrected chi connectivity index (χ1v) is 9.91. The summed E-state index contributed by atoms with van der Waals surface area (Å²) < 4.78 is 13.3. The molecule has 2 atom stereocenters. The molecule has 3 N–H and O–H groups in total. The van der Waals surface area contributed by atoms with Gasteiger partial charge in [0.15, 0.2) is 11.5 Å². The van der Waals surface area contributed by atoms with Gasteiger partial charge in [-0.05, 0) is 43.0 Å². The molecule has 1 saturated carbocycles. The summed E-state index contributed by atoms with van der Waals surface area (Å²) in [5.41, 5.74) is 8.43. The number of amides is 1.